The van der Waals surface area contributed by atoms with Crippen LogP contribution >= 0.6 is 0 Å². The number of pyridine rings is 1. The van der Waals surface area contributed by atoms with E-state index < -0.39 is 5.97 Å². The molecule has 8 heteroatoms. The summed E-state index contributed by atoms with van der Waals surface area (Å²) in [4.78, 5) is 16.0. The number of benzene rings is 1. The highest BCUT2D eigenvalue weighted by atomic mass is 16.5. The van der Waals surface area contributed by atoms with Gasteiger partial charge in [-0.25, -0.2) is 9.31 Å². The van der Waals surface area contributed by atoms with Gasteiger partial charge in [-0.2, -0.15) is 4.98 Å². The van der Waals surface area contributed by atoms with E-state index in [2.05, 4.69) is 15.4 Å². The number of aliphatic hydroxyl groups is 1. The number of carbonyl (C=O) groups is 1. The van der Waals surface area contributed by atoms with E-state index in [-0.39, 0.29) is 5.95 Å². The van der Waals surface area contributed by atoms with Gasteiger partial charge in [0.1, 0.15) is 0 Å². The van der Waals surface area contributed by atoms with Gasteiger partial charge in [0.2, 0.25) is 5.95 Å². The number of nitrogens with one attached hydrogen (secondary N) is 1. The molecule has 3 rings (SSSR count). The van der Waals surface area contributed by atoms with Gasteiger partial charge in [0.05, 0.1) is 18.4 Å². The molecule has 0 saturated heterocycles. The molecule has 0 aliphatic carbocycles. The minimum atomic E-state index is -0.429. The smallest absolute Gasteiger partial charge is 0.338 e. The Morgan fingerprint density at radius 3 is 2.59 bits per heavy atom. The summed E-state index contributed by atoms with van der Waals surface area (Å²) in [5, 5.41) is 14.3. The van der Waals surface area contributed by atoms with Gasteiger partial charge in [-0.05, 0) is 30.8 Å². The largest absolute Gasteiger partial charge is 0.465 e. The van der Waals surface area contributed by atoms with E-state index in [1.54, 1.807) is 16.6 Å². The lowest BCUT2D eigenvalue weighted by atomic mass is 10.1. The molecule has 0 amide bonds. The molecule has 8 nitrogen and oxygen atoms in total. The van der Waals surface area contributed by atoms with Crippen molar-refractivity contribution in [1.29, 1.82) is 0 Å². The van der Waals surface area contributed by atoms with Crippen LogP contribution in [0, 0.1) is 0 Å². The van der Waals surface area contributed by atoms with E-state index in [1.165, 1.54) is 7.11 Å². The van der Waals surface area contributed by atoms with Gasteiger partial charge in [-0.1, -0.05) is 32.0 Å². The number of nitrogen functional groups attached to an aromatic ring is 1. The fourth-order valence-corrected chi connectivity index (χ4v) is 2.49. The summed E-state index contributed by atoms with van der Waals surface area (Å²) in [7, 11) is 4.23. The quantitative estimate of drug-likeness (QED) is 0.600. The van der Waals surface area contributed by atoms with E-state index in [4.69, 9.17) is 15.6 Å². The van der Waals surface area contributed by atoms with Crippen LogP contribution in [-0.4, -0.2) is 46.9 Å². The molecule has 27 heavy (non-hydrogen) atoms. The van der Waals surface area contributed by atoms with E-state index in [1.807, 2.05) is 45.2 Å². The van der Waals surface area contributed by atoms with Gasteiger partial charge in [0, 0.05) is 19.2 Å². The SMILES string of the molecule is CC.CNCc1cccc(-c2cc(C(=O)OC)cc3nc(N)nn23)c1.CO. The standard InChI is InChI=1S/C16H17N5O2.C2H6.CH4O/c1-18-9-10-4-3-5-11(6-10)13-7-12(15(22)23-2)8-14-19-16(17)20-21(13)14;2*1-2/h3-8,18H,9H2,1-2H3,(H2,17,20);1-2H3;2H,1H3. The molecule has 0 fully saturated rings. The first-order chi connectivity index (χ1) is 13.1. The van der Waals surface area contributed by atoms with Crippen molar-refractivity contribution in [3.63, 3.8) is 0 Å². The Kier molecular flexibility index (Phi) is 8.91. The molecule has 0 saturated carbocycles. The molecule has 0 unspecified atom stereocenters. The predicted octanol–water partition coefficient (Wildman–Crippen LogP) is 2.12. The van der Waals surface area contributed by atoms with Crippen LogP contribution in [0.1, 0.15) is 29.8 Å². The predicted molar refractivity (Wildman–Crippen MR) is 106 cm³/mol. The second-order valence-electron chi connectivity index (χ2n) is 5.09. The molecule has 0 atom stereocenters. The molecule has 0 aliphatic heterocycles. The van der Waals surface area contributed by atoms with Crippen LogP contribution < -0.4 is 11.1 Å². The van der Waals surface area contributed by atoms with Gasteiger partial charge in [-0.15, -0.1) is 5.10 Å². The Hall–Kier alpha value is -2.97. The number of aliphatic hydroxyl groups excluding tert-OH is 1. The third-order valence-electron chi connectivity index (χ3n) is 3.48. The summed E-state index contributed by atoms with van der Waals surface area (Å²) in [6.07, 6.45) is 0. The van der Waals surface area contributed by atoms with Crippen LogP contribution in [0.15, 0.2) is 36.4 Å². The highest BCUT2D eigenvalue weighted by Crippen LogP contribution is 2.24. The monoisotopic (exact) mass is 373 g/mol. The number of aromatic nitrogens is 3. The van der Waals surface area contributed by atoms with Gasteiger partial charge in [0.15, 0.2) is 5.65 Å². The Balaban J connectivity index is 0.000000855. The van der Waals surface area contributed by atoms with Crippen molar-refractivity contribution < 1.29 is 14.6 Å². The molecule has 0 radical (unpaired) electrons. The number of fused-ring (bicyclic) bond motifs is 1. The molecule has 1 aromatic carbocycles. The number of nitrogens with two attached hydrogens (primary N) is 1. The van der Waals surface area contributed by atoms with Crippen LogP contribution in [-0.2, 0) is 11.3 Å². The molecular formula is C19H27N5O3. The molecule has 0 spiro atoms. The highest BCUT2D eigenvalue weighted by Gasteiger charge is 2.14. The zero-order valence-electron chi connectivity index (χ0n) is 16.4. The van der Waals surface area contributed by atoms with Crippen molar-refractivity contribution in [2.45, 2.75) is 20.4 Å². The summed E-state index contributed by atoms with van der Waals surface area (Å²) in [5.74, 6) is -0.277. The van der Waals surface area contributed by atoms with Gasteiger partial charge >= 0.3 is 5.97 Å². The number of methoxy groups -OCH3 is 1. The first kappa shape index (κ1) is 22.1. The summed E-state index contributed by atoms with van der Waals surface area (Å²) in [5.41, 5.74) is 9.37. The first-order valence-electron chi connectivity index (χ1n) is 8.55. The normalized spacial score (nSPS) is 9.70. The van der Waals surface area contributed by atoms with Crippen LogP contribution in [0.25, 0.3) is 16.9 Å². The van der Waals surface area contributed by atoms with E-state index >= 15 is 0 Å². The number of hydrogen-bond acceptors (Lipinski definition) is 7. The number of nitrogens with zero attached hydrogens (tertiary/aromatic N) is 3. The van der Waals surface area contributed by atoms with Crippen LogP contribution in [0.3, 0.4) is 0 Å². The van der Waals surface area contributed by atoms with E-state index in [9.17, 15) is 4.79 Å². The minimum absolute atomic E-state index is 0.152. The van der Waals surface area contributed by atoms with E-state index in [0.29, 0.717) is 11.2 Å². The number of esters is 1. The third-order valence-corrected chi connectivity index (χ3v) is 3.48. The number of carbonyl (C=O) groups excluding carboxylic acids is 1. The van der Waals surface area contributed by atoms with E-state index in [0.717, 1.165) is 30.5 Å². The van der Waals surface area contributed by atoms with Gasteiger partial charge < -0.3 is 20.9 Å². The molecule has 2 aromatic heterocycles. The molecule has 0 aliphatic rings. The fraction of sp³-hybridized carbons (Fsp3) is 0.316. The molecular weight excluding hydrogens is 346 g/mol. The lowest BCUT2D eigenvalue weighted by molar-refractivity contribution is 0.0600. The average Bonchev–Trinajstić information content (AvgIpc) is 3.10. The lowest BCUT2D eigenvalue weighted by Crippen LogP contribution is -2.06. The Bertz CT molecular complexity index is 877. The summed E-state index contributed by atoms with van der Waals surface area (Å²) >= 11 is 0. The Labute approximate surface area is 159 Å². The molecule has 0 bridgehead atoms. The zero-order chi connectivity index (χ0) is 20.4. The van der Waals surface area contributed by atoms with Gasteiger partial charge in [-0.3, -0.25) is 0 Å². The van der Waals surface area contributed by atoms with Crippen molar-refractivity contribution in [2.24, 2.45) is 0 Å². The fourth-order valence-electron chi connectivity index (χ4n) is 2.49. The highest BCUT2D eigenvalue weighted by molar-refractivity contribution is 5.92. The summed E-state index contributed by atoms with van der Waals surface area (Å²) < 4.78 is 6.43. The maximum absolute atomic E-state index is 11.9. The van der Waals surface area contributed by atoms with Crippen molar-refractivity contribution >= 4 is 17.6 Å². The van der Waals surface area contributed by atoms with Crippen molar-refractivity contribution in [3.8, 4) is 11.3 Å². The van der Waals surface area contributed by atoms with Crippen molar-refractivity contribution in [1.82, 2.24) is 19.9 Å². The van der Waals surface area contributed by atoms with Crippen LogP contribution in [0.4, 0.5) is 5.95 Å². The van der Waals surface area contributed by atoms with Crippen molar-refractivity contribution in [2.75, 3.05) is 27.0 Å². The Morgan fingerprint density at radius 1 is 1.26 bits per heavy atom. The average molecular weight is 373 g/mol. The molecule has 146 valence electrons. The second-order valence-corrected chi connectivity index (χ2v) is 5.09. The number of hydrogen-bond donors (Lipinski definition) is 3. The topological polar surface area (TPSA) is 115 Å². The summed E-state index contributed by atoms with van der Waals surface area (Å²) in [6.45, 7) is 4.74. The minimum Gasteiger partial charge on any atom is -0.465 e. The number of rotatable bonds is 4. The number of anilines is 1. The van der Waals surface area contributed by atoms with Crippen LogP contribution in [0.2, 0.25) is 0 Å². The maximum Gasteiger partial charge on any atom is 0.338 e. The number of ether oxygens (including phenoxy) is 1. The maximum atomic E-state index is 11.9. The third kappa shape index (κ3) is 5.25. The van der Waals surface area contributed by atoms with Crippen molar-refractivity contribution in [3.05, 3.63) is 47.5 Å². The lowest BCUT2D eigenvalue weighted by Gasteiger charge is -2.09. The molecule has 4 N–H and O–H groups in total. The molecule has 3 aromatic rings. The molecule has 2 heterocycles. The first-order valence-corrected chi connectivity index (χ1v) is 8.55. The van der Waals surface area contributed by atoms with Gasteiger partial charge in [0.25, 0.3) is 0 Å². The second kappa shape index (κ2) is 10.9. The van der Waals surface area contributed by atoms with Crippen LogP contribution in [0.5, 0.6) is 0 Å². The zero-order valence-corrected chi connectivity index (χ0v) is 16.4. The Morgan fingerprint density at radius 2 is 1.96 bits per heavy atom. The summed E-state index contributed by atoms with van der Waals surface area (Å²) in [6, 6.07) is 11.3.